The molecule has 1 aromatic rings. The van der Waals surface area contributed by atoms with Crippen molar-refractivity contribution in [3.63, 3.8) is 0 Å². The molecule has 0 bridgehead atoms. The average molecular weight is 187 g/mol. The van der Waals surface area contributed by atoms with E-state index in [1.807, 2.05) is 0 Å². The van der Waals surface area contributed by atoms with E-state index in [0.717, 1.165) is 12.1 Å². The minimum atomic E-state index is -1.30. The second kappa shape index (κ2) is 3.38. The Morgan fingerprint density at radius 2 is 2.08 bits per heavy atom. The summed E-state index contributed by atoms with van der Waals surface area (Å²) in [6.45, 7) is 0. The maximum absolute atomic E-state index is 12.9. The molecule has 0 aliphatic heterocycles. The maximum Gasteiger partial charge on any atom is 0.411 e. The Hall–Kier alpha value is -1.65. The van der Waals surface area contributed by atoms with Crippen molar-refractivity contribution in [2.45, 2.75) is 0 Å². The van der Waals surface area contributed by atoms with Gasteiger partial charge in [-0.3, -0.25) is 4.90 Å². The Kier molecular flexibility index (Phi) is 2.46. The van der Waals surface area contributed by atoms with Gasteiger partial charge < -0.3 is 5.11 Å². The number of amides is 1. The summed E-state index contributed by atoms with van der Waals surface area (Å²) in [7, 11) is 1.18. The van der Waals surface area contributed by atoms with E-state index in [1.165, 1.54) is 7.05 Å². The summed E-state index contributed by atoms with van der Waals surface area (Å²) in [6, 6.07) is 2.70. The van der Waals surface area contributed by atoms with Gasteiger partial charge in [-0.2, -0.15) is 0 Å². The summed E-state index contributed by atoms with van der Waals surface area (Å²) >= 11 is 0. The molecule has 1 rings (SSSR count). The van der Waals surface area contributed by atoms with E-state index in [-0.39, 0.29) is 5.69 Å². The third-order valence-electron chi connectivity index (χ3n) is 1.56. The van der Waals surface area contributed by atoms with Crippen molar-refractivity contribution >= 4 is 11.8 Å². The first-order chi connectivity index (χ1) is 6.02. The molecule has 1 N–H and O–H groups in total. The van der Waals surface area contributed by atoms with Crippen LogP contribution >= 0.6 is 0 Å². The van der Waals surface area contributed by atoms with E-state index in [2.05, 4.69) is 0 Å². The second-order valence-electron chi connectivity index (χ2n) is 2.44. The molecule has 0 aromatic heterocycles. The molecule has 13 heavy (non-hydrogen) atoms. The first kappa shape index (κ1) is 9.44. The van der Waals surface area contributed by atoms with Crippen LogP contribution in [-0.4, -0.2) is 18.2 Å². The molecule has 0 radical (unpaired) electrons. The van der Waals surface area contributed by atoms with E-state index < -0.39 is 17.7 Å². The van der Waals surface area contributed by atoms with E-state index in [4.69, 9.17) is 5.11 Å². The Bertz CT molecular complexity index is 341. The number of rotatable bonds is 1. The Morgan fingerprint density at radius 1 is 1.46 bits per heavy atom. The zero-order chi connectivity index (χ0) is 10.0. The summed E-state index contributed by atoms with van der Waals surface area (Å²) in [6.07, 6.45) is -1.30. The van der Waals surface area contributed by atoms with Crippen molar-refractivity contribution < 1.29 is 18.7 Å². The van der Waals surface area contributed by atoms with Crippen molar-refractivity contribution in [1.29, 1.82) is 0 Å². The van der Waals surface area contributed by atoms with Crippen LogP contribution in [0.1, 0.15) is 0 Å². The molecule has 0 unspecified atom stereocenters. The van der Waals surface area contributed by atoms with Gasteiger partial charge in [0.05, 0.1) is 5.69 Å². The molecule has 0 heterocycles. The van der Waals surface area contributed by atoms with Crippen LogP contribution in [0.5, 0.6) is 0 Å². The normalized spacial score (nSPS) is 9.77. The maximum atomic E-state index is 12.9. The number of benzene rings is 1. The summed E-state index contributed by atoms with van der Waals surface area (Å²) < 4.78 is 25.3. The van der Waals surface area contributed by atoms with Gasteiger partial charge in [-0.15, -0.1) is 0 Å². The summed E-state index contributed by atoms with van der Waals surface area (Å²) in [5.41, 5.74) is -0.172. The van der Waals surface area contributed by atoms with E-state index in [9.17, 15) is 13.6 Å². The lowest BCUT2D eigenvalue weighted by Gasteiger charge is -2.13. The van der Waals surface area contributed by atoms with Gasteiger partial charge in [0, 0.05) is 13.1 Å². The highest BCUT2D eigenvalue weighted by atomic mass is 19.1. The van der Waals surface area contributed by atoms with Gasteiger partial charge in [0.1, 0.15) is 11.6 Å². The van der Waals surface area contributed by atoms with Crippen LogP contribution in [0.25, 0.3) is 0 Å². The van der Waals surface area contributed by atoms with Crippen molar-refractivity contribution in [1.82, 2.24) is 0 Å². The zero-order valence-electron chi connectivity index (χ0n) is 6.79. The topological polar surface area (TPSA) is 40.5 Å². The number of carbonyl (C=O) groups is 1. The SMILES string of the molecule is CN(C(=O)O)c1ccc(F)cc1F. The molecule has 70 valence electrons. The van der Waals surface area contributed by atoms with Gasteiger partial charge in [0.2, 0.25) is 0 Å². The lowest BCUT2D eigenvalue weighted by Crippen LogP contribution is -2.24. The smallest absolute Gasteiger partial charge is 0.411 e. The van der Waals surface area contributed by atoms with Crippen LogP contribution < -0.4 is 4.90 Å². The molecular formula is C8H7F2NO2. The van der Waals surface area contributed by atoms with Crippen molar-refractivity contribution in [2.75, 3.05) is 11.9 Å². The average Bonchev–Trinajstić information content (AvgIpc) is 2.03. The third kappa shape index (κ3) is 1.93. The molecule has 0 aliphatic carbocycles. The summed E-state index contributed by atoms with van der Waals surface area (Å²) in [5, 5.41) is 8.49. The molecule has 1 amide bonds. The van der Waals surface area contributed by atoms with Gasteiger partial charge in [-0.25, -0.2) is 13.6 Å². The second-order valence-corrected chi connectivity index (χ2v) is 2.44. The largest absolute Gasteiger partial charge is 0.465 e. The predicted molar refractivity (Wildman–Crippen MR) is 42.8 cm³/mol. The lowest BCUT2D eigenvalue weighted by atomic mass is 10.3. The lowest BCUT2D eigenvalue weighted by molar-refractivity contribution is 0.203. The number of nitrogens with zero attached hydrogens (tertiary/aromatic N) is 1. The fourth-order valence-corrected chi connectivity index (χ4v) is 0.856. The van der Waals surface area contributed by atoms with Gasteiger partial charge in [0.25, 0.3) is 0 Å². The molecule has 0 saturated carbocycles. The molecule has 0 spiro atoms. The molecule has 0 atom stereocenters. The van der Waals surface area contributed by atoms with Crippen LogP contribution in [-0.2, 0) is 0 Å². The minimum absolute atomic E-state index is 0.172. The highest BCUT2D eigenvalue weighted by molar-refractivity contribution is 5.85. The van der Waals surface area contributed by atoms with E-state index in [0.29, 0.717) is 11.0 Å². The fraction of sp³-hybridized carbons (Fsp3) is 0.125. The molecular weight excluding hydrogens is 180 g/mol. The monoisotopic (exact) mass is 187 g/mol. The number of carboxylic acid groups (broad SMARTS) is 1. The van der Waals surface area contributed by atoms with Gasteiger partial charge in [0.15, 0.2) is 0 Å². The van der Waals surface area contributed by atoms with Crippen molar-refractivity contribution in [2.24, 2.45) is 0 Å². The molecule has 0 aliphatic rings. The first-order valence-electron chi connectivity index (χ1n) is 3.44. The van der Waals surface area contributed by atoms with Crippen LogP contribution in [0.3, 0.4) is 0 Å². The third-order valence-corrected chi connectivity index (χ3v) is 1.56. The molecule has 5 heteroatoms. The predicted octanol–water partition coefficient (Wildman–Crippen LogP) is 2.08. The Balaban J connectivity index is 3.08. The van der Waals surface area contributed by atoms with Crippen LogP contribution in [0.2, 0.25) is 0 Å². The quantitative estimate of drug-likeness (QED) is 0.731. The van der Waals surface area contributed by atoms with Crippen LogP contribution in [0, 0.1) is 11.6 Å². The van der Waals surface area contributed by atoms with E-state index in [1.54, 1.807) is 0 Å². The van der Waals surface area contributed by atoms with Gasteiger partial charge >= 0.3 is 6.09 Å². The highest BCUT2D eigenvalue weighted by Crippen LogP contribution is 2.18. The highest BCUT2D eigenvalue weighted by Gasteiger charge is 2.13. The van der Waals surface area contributed by atoms with Crippen LogP contribution in [0.4, 0.5) is 19.3 Å². The van der Waals surface area contributed by atoms with Gasteiger partial charge in [-0.1, -0.05) is 0 Å². The number of hydrogen-bond acceptors (Lipinski definition) is 1. The Labute approximate surface area is 73.2 Å². The summed E-state index contributed by atoms with van der Waals surface area (Å²) in [5.74, 6) is -1.63. The molecule has 1 aromatic carbocycles. The standard InChI is InChI=1S/C8H7F2NO2/c1-11(8(12)13)7-3-2-5(9)4-6(7)10/h2-4H,1H3,(H,12,13). The first-order valence-corrected chi connectivity index (χ1v) is 3.44. The van der Waals surface area contributed by atoms with Crippen molar-refractivity contribution in [3.05, 3.63) is 29.8 Å². The van der Waals surface area contributed by atoms with Gasteiger partial charge in [-0.05, 0) is 12.1 Å². The molecule has 0 saturated heterocycles. The van der Waals surface area contributed by atoms with Crippen LogP contribution in [0.15, 0.2) is 18.2 Å². The minimum Gasteiger partial charge on any atom is -0.465 e. The zero-order valence-corrected chi connectivity index (χ0v) is 6.79. The van der Waals surface area contributed by atoms with Crippen molar-refractivity contribution in [3.8, 4) is 0 Å². The summed E-state index contributed by atoms with van der Waals surface area (Å²) in [4.78, 5) is 11.1. The molecule has 3 nitrogen and oxygen atoms in total. The number of anilines is 1. The van der Waals surface area contributed by atoms with E-state index >= 15 is 0 Å². The number of hydrogen-bond donors (Lipinski definition) is 1. The molecule has 0 fully saturated rings. The Morgan fingerprint density at radius 3 is 2.54 bits per heavy atom. The number of halogens is 2. The fourth-order valence-electron chi connectivity index (χ4n) is 0.856.